The van der Waals surface area contributed by atoms with Crippen molar-refractivity contribution in [3.05, 3.63) is 35.1 Å². The van der Waals surface area contributed by atoms with Gasteiger partial charge in [-0.25, -0.2) is 4.79 Å². The first kappa shape index (κ1) is 27.7. The van der Waals surface area contributed by atoms with E-state index in [1.165, 1.54) is 7.11 Å². The quantitative estimate of drug-likeness (QED) is 0.448. The summed E-state index contributed by atoms with van der Waals surface area (Å²) in [5.74, 6) is -0.0645. The summed E-state index contributed by atoms with van der Waals surface area (Å²) in [6, 6.07) is 4.00. The SMILES string of the molecule is COC(=O)CC(O)(CCCC(C)(C)O)C(=O)OC1C(OC)=C[C@]23CCCN2CCc2cc4c(cc2C13)OCO4. The standard InChI is InChI=1S/C29H39NO9/c1-27(2,33)8-5-10-29(34,16-23(31)36-4)26(32)39-25-22(35-3)15-28-9-6-11-30(28)12-7-18-13-20-21(38-17-37-20)14-19(18)24(25)28/h13-15,24-25,33-34H,5-12,16-17H2,1-4H3/t24?,25?,28-,29?/m0/s1. The van der Waals surface area contributed by atoms with Gasteiger partial charge in [0, 0.05) is 6.54 Å². The highest BCUT2D eigenvalue weighted by Gasteiger charge is 2.59. The van der Waals surface area contributed by atoms with E-state index in [1.54, 1.807) is 21.0 Å². The maximum atomic E-state index is 13.8. The van der Waals surface area contributed by atoms with E-state index < -0.39 is 41.2 Å². The summed E-state index contributed by atoms with van der Waals surface area (Å²) in [5.41, 5.74) is -1.42. The summed E-state index contributed by atoms with van der Waals surface area (Å²) in [4.78, 5) is 28.4. The first-order chi connectivity index (χ1) is 18.5. The molecule has 1 aromatic rings. The molecule has 3 unspecified atom stereocenters. The van der Waals surface area contributed by atoms with E-state index in [9.17, 15) is 19.8 Å². The highest BCUT2D eigenvalue weighted by atomic mass is 16.7. The van der Waals surface area contributed by atoms with Crippen LogP contribution in [0.25, 0.3) is 0 Å². The van der Waals surface area contributed by atoms with Gasteiger partial charge in [0.15, 0.2) is 23.2 Å². The zero-order valence-electron chi connectivity index (χ0n) is 23.2. The molecule has 4 atom stereocenters. The fourth-order valence-corrected chi connectivity index (χ4v) is 6.71. The fourth-order valence-electron chi connectivity index (χ4n) is 6.71. The molecule has 0 saturated carbocycles. The van der Waals surface area contributed by atoms with E-state index in [2.05, 4.69) is 11.0 Å². The molecule has 3 aliphatic heterocycles. The molecule has 3 heterocycles. The first-order valence-corrected chi connectivity index (χ1v) is 13.7. The Balaban J connectivity index is 1.50. The molecule has 1 aromatic carbocycles. The zero-order chi connectivity index (χ0) is 28.0. The van der Waals surface area contributed by atoms with Crippen LogP contribution >= 0.6 is 0 Å². The Bertz CT molecular complexity index is 1160. The average molecular weight is 546 g/mol. The molecule has 1 fully saturated rings. The van der Waals surface area contributed by atoms with E-state index in [4.69, 9.17) is 23.7 Å². The van der Waals surface area contributed by atoms with Crippen molar-refractivity contribution in [1.82, 2.24) is 4.90 Å². The lowest BCUT2D eigenvalue weighted by Gasteiger charge is -2.39. The molecule has 1 spiro atoms. The van der Waals surface area contributed by atoms with Gasteiger partial charge in [0.25, 0.3) is 0 Å². The number of fused-ring (bicyclic) bond motifs is 3. The van der Waals surface area contributed by atoms with Gasteiger partial charge in [-0.05, 0) is 88.3 Å². The minimum Gasteiger partial charge on any atom is -0.497 e. The van der Waals surface area contributed by atoms with Gasteiger partial charge in [0.05, 0.1) is 37.7 Å². The van der Waals surface area contributed by atoms with Crippen molar-refractivity contribution >= 4 is 11.9 Å². The van der Waals surface area contributed by atoms with Crippen LogP contribution in [0.5, 0.6) is 11.5 Å². The zero-order valence-corrected chi connectivity index (χ0v) is 23.2. The number of ether oxygens (including phenoxy) is 5. The van der Waals surface area contributed by atoms with Gasteiger partial charge in [-0.1, -0.05) is 0 Å². The van der Waals surface area contributed by atoms with Crippen LogP contribution < -0.4 is 9.47 Å². The smallest absolute Gasteiger partial charge is 0.339 e. The minimum atomic E-state index is -2.12. The average Bonchev–Trinajstić information content (AvgIpc) is 3.56. The number of hydrogen-bond acceptors (Lipinski definition) is 10. The minimum absolute atomic E-state index is 0.0686. The highest BCUT2D eigenvalue weighted by molar-refractivity contribution is 5.86. The topological polar surface area (TPSA) is 124 Å². The predicted octanol–water partition coefficient (Wildman–Crippen LogP) is 2.58. The second-order valence-corrected chi connectivity index (χ2v) is 11.7. The number of benzene rings is 1. The van der Waals surface area contributed by atoms with Crippen LogP contribution in [0.2, 0.25) is 0 Å². The number of hydrogen-bond donors (Lipinski definition) is 2. The summed E-state index contributed by atoms with van der Waals surface area (Å²) in [6.45, 7) is 5.21. The van der Waals surface area contributed by atoms with Crippen molar-refractivity contribution in [1.29, 1.82) is 0 Å². The Morgan fingerprint density at radius 2 is 1.87 bits per heavy atom. The lowest BCUT2D eigenvalue weighted by atomic mass is 9.77. The molecular formula is C29H39NO9. The van der Waals surface area contributed by atoms with Crippen LogP contribution in [0.3, 0.4) is 0 Å². The van der Waals surface area contributed by atoms with Crippen LogP contribution in [0.4, 0.5) is 0 Å². The molecule has 4 aliphatic rings. The first-order valence-electron chi connectivity index (χ1n) is 13.7. The molecular weight excluding hydrogens is 506 g/mol. The third-order valence-electron chi connectivity index (χ3n) is 8.62. The van der Waals surface area contributed by atoms with E-state index in [0.717, 1.165) is 43.5 Å². The Hall–Kier alpha value is -2.82. The number of carbonyl (C=O) groups is 2. The summed E-state index contributed by atoms with van der Waals surface area (Å²) < 4.78 is 28.1. The van der Waals surface area contributed by atoms with Gasteiger partial charge in [-0.2, -0.15) is 0 Å². The molecule has 214 valence electrons. The molecule has 0 bridgehead atoms. The number of esters is 2. The number of carbonyl (C=O) groups excluding carboxylic acids is 2. The normalized spacial score (nSPS) is 27.0. The molecule has 1 aliphatic carbocycles. The van der Waals surface area contributed by atoms with Gasteiger partial charge in [-0.3, -0.25) is 9.69 Å². The molecule has 5 rings (SSSR count). The van der Waals surface area contributed by atoms with Crippen molar-refractivity contribution in [3.8, 4) is 11.5 Å². The van der Waals surface area contributed by atoms with Crippen molar-refractivity contribution < 1.29 is 43.5 Å². The molecule has 2 N–H and O–H groups in total. The van der Waals surface area contributed by atoms with Crippen LogP contribution in [0, 0.1) is 0 Å². The van der Waals surface area contributed by atoms with Crippen molar-refractivity contribution in [2.45, 2.75) is 87.6 Å². The van der Waals surface area contributed by atoms with Gasteiger partial charge in [-0.15, -0.1) is 0 Å². The van der Waals surface area contributed by atoms with Crippen LogP contribution in [0.15, 0.2) is 24.0 Å². The fraction of sp³-hybridized carbons (Fsp3) is 0.655. The second kappa shape index (κ2) is 10.3. The Morgan fingerprint density at radius 3 is 2.56 bits per heavy atom. The summed E-state index contributed by atoms with van der Waals surface area (Å²) >= 11 is 0. The van der Waals surface area contributed by atoms with Gasteiger partial charge in [0.2, 0.25) is 6.79 Å². The Labute approximate surface area is 228 Å². The van der Waals surface area contributed by atoms with E-state index >= 15 is 0 Å². The molecule has 39 heavy (non-hydrogen) atoms. The lowest BCUT2D eigenvalue weighted by molar-refractivity contribution is -0.178. The van der Waals surface area contributed by atoms with Crippen molar-refractivity contribution in [2.75, 3.05) is 34.1 Å². The summed E-state index contributed by atoms with van der Waals surface area (Å²) in [7, 11) is 2.76. The largest absolute Gasteiger partial charge is 0.497 e. The number of rotatable bonds is 9. The van der Waals surface area contributed by atoms with E-state index in [1.807, 2.05) is 12.1 Å². The maximum absolute atomic E-state index is 13.8. The predicted molar refractivity (Wildman–Crippen MR) is 139 cm³/mol. The highest BCUT2D eigenvalue weighted by Crippen LogP contribution is 2.55. The number of aliphatic hydroxyl groups is 2. The van der Waals surface area contributed by atoms with Crippen molar-refractivity contribution in [3.63, 3.8) is 0 Å². The Morgan fingerprint density at radius 1 is 1.13 bits per heavy atom. The van der Waals surface area contributed by atoms with Gasteiger partial charge < -0.3 is 33.9 Å². The Kier molecular flexibility index (Phi) is 7.32. The van der Waals surface area contributed by atoms with Gasteiger partial charge in [0.1, 0.15) is 5.76 Å². The number of nitrogens with zero attached hydrogens (tertiary/aromatic N) is 1. The third kappa shape index (κ3) is 5.10. The number of methoxy groups -OCH3 is 2. The molecule has 10 nitrogen and oxygen atoms in total. The monoisotopic (exact) mass is 545 g/mol. The molecule has 0 amide bonds. The molecule has 0 radical (unpaired) electrons. The molecule has 0 aromatic heterocycles. The van der Waals surface area contributed by atoms with E-state index in [0.29, 0.717) is 30.1 Å². The molecule has 1 saturated heterocycles. The summed E-state index contributed by atoms with van der Waals surface area (Å²) in [5, 5.41) is 21.6. The van der Waals surface area contributed by atoms with E-state index in [-0.39, 0.29) is 19.1 Å². The van der Waals surface area contributed by atoms with Crippen LogP contribution in [-0.4, -0.2) is 84.0 Å². The van der Waals surface area contributed by atoms with Crippen LogP contribution in [-0.2, 0) is 30.2 Å². The van der Waals surface area contributed by atoms with Crippen LogP contribution in [0.1, 0.15) is 69.4 Å². The van der Waals surface area contributed by atoms with Crippen molar-refractivity contribution in [2.24, 2.45) is 0 Å². The lowest BCUT2D eigenvalue weighted by Crippen LogP contribution is -2.49. The third-order valence-corrected chi connectivity index (χ3v) is 8.62. The second-order valence-electron chi connectivity index (χ2n) is 11.7. The van der Waals surface area contributed by atoms with Gasteiger partial charge >= 0.3 is 11.9 Å². The maximum Gasteiger partial charge on any atom is 0.339 e. The summed E-state index contributed by atoms with van der Waals surface area (Å²) in [6.07, 6.45) is 3.94. The molecule has 10 heteroatoms.